The quantitative estimate of drug-likeness (QED) is 0.758. The molecule has 0 bridgehead atoms. The summed E-state index contributed by atoms with van der Waals surface area (Å²) in [6.45, 7) is 5.13. The summed E-state index contributed by atoms with van der Waals surface area (Å²) in [5.74, 6) is 0.371. The number of hydrogen-bond acceptors (Lipinski definition) is 3. The summed E-state index contributed by atoms with van der Waals surface area (Å²) in [4.78, 5) is 13.2. The van der Waals surface area contributed by atoms with Crippen molar-refractivity contribution in [1.82, 2.24) is 5.32 Å². The number of benzene rings is 1. The van der Waals surface area contributed by atoms with Crippen molar-refractivity contribution >= 4 is 33.4 Å². The number of halogens is 2. The molecule has 1 fully saturated rings. The molecule has 1 saturated heterocycles. The van der Waals surface area contributed by atoms with Gasteiger partial charge in [0.15, 0.2) is 6.61 Å². The first-order chi connectivity index (χ1) is 10.1. The largest absolute Gasteiger partial charge is 0.482 e. The zero-order chi connectivity index (χ0) is 15.1. The molecule has 7 heteroatoms. The Morgan fingerprint density at radius 1 is 1.43 bits per heavy atom. The number of nitrogens with one attached hydrogen (secondary N) is 2. The van der Waals surface area contributed by atoms with Crippen LogP contribution in [0.15, 0.2) is 22.7 Å². The number of hydrogen-bond donors (Lipinski definition) is 2. The minimum atomic E-state index is -0.137. The Balaban J connectivity index is 1.65. The third kappa shape index (κ3) is 5.82. The summed E-state index contributed by atoms with van der Waals surface area (Å²) in [5.41, 5.74) is 0. The number of carbonyl (C=O) groups is 1. The van der Waals surface area contributed by atoms with Crippen molar-refractivity contribution in [3.8, 4) is 5.75 Å². The van der Waals surface area contributed by atoms with Gasteiger partial charge in [0.05, 0.1) is 31.3 Å². The number of quaternary nitrogens is 1. The molecule has 1 aliphatic rings. The van der Waals surface area contributed by atoms with Gasteiger partial charge in [-0.25, -0.2) is 0 Å². The van der Waals surface area contributed by atoms with Crippen LogP contribution in [-0.2, 0) is 9.53 Å². The van der Waals surface area contributed by atoms with Crippen LogP contribution in [0, 0.1) is 0 Å². The second kappa shape index (κ2) is 8.58. The van der Waals surface area contributed by atoms with Gasteiger partial charge < -0.3 is 19.7 Å². The molecule has 2 N–H and O–H groups in total. The third-order valence-electron chi connectivity index (χ3n) is 3.25. The van der Waals surface area contributed by atoms with Crippen molar-refractivity contribution < 1.29 is 19.2 Å². The van der Waals surface area contributed by atoms with E-state index in [0.29, 0.717) is 17.3 Å². The minimum absolute atomic E-state index is 0.0280. The molecule has 2 rings (SSSR count). The molecular formula is C14H19BrClN2O3+. The molecule has 0 aliphatic carbocycles. The van der Waals surface area contributed by atoms with Gasteiger partial charge in [0.1, 0.15) is 18.8 Å². The highest BCUT2D eigenvalue weighted by Gasteiger charge is 2.13. The van der Waals surface area contributed by atoms with Gasteiger partial charge in [-0.2, -0.15) is 0 Å². The summed E-state index contributed by atoms with van der Waals surface area (Å²) in [6.07, 6.45) is 0. The Hall–Kier alpha value is -0.820. The van der Waals surface area contributed by atoms with Crippen molar-refractivity contribution in [2.75, 3.05) is 46.0 Å². The van der Waals surface area contributed by atoms with Gasteiger partial charge in [-0.3, -0.25) is 4.79 Å². The fourth-order valence-corrected chi connectivity index (χ4v) is 2.80. The van der Waals surface area contributed by atoms with Gasteiger partial charge in [0.2, 0.25) is 0 Å². The number of amides is 1. The van der Waals surface area contributed by atoms with E-state index in [-0.39, 0.29) is 12.5 Å². The van der Waals surface area contributed by atoms with Gasteiger partial charge in [0.25, 0.3) is 5.91 Å². The molecule has 0 atom stereocenters. The second-order valence-corrected chi connectivity index (χ2v) is 6.15. The third-order valence-corrected chi connectivity index (χ3v) is 4.04. The number of carbonyl (C=O) groups excluding carboxylic acids is 1. The van der Waals surface area contributed by atoms with E-state index in [4.69, 9.17) is 21.1 Å². The predicted octanol–water partition coefficient (Wildman–Crippen LogP) is 0.513. The minimum Gasteiger partial charge on any atom is -0.482 e. The molecule has 1 aromatic rings. The van der Waals surface area contributed by atoms with E-state index < -0.39 is 0 Å². The van der Waals surface area contributed by atoms with Gasteiger partial charge in [-0.1, -0.05) is 27.5 Å². The van der Waals surface area contributed by atoms with Crippen molar-refractivity contribution in [2.45, 2.75) is 0 Å². The molecule has 0 unspecified atom stereocenters. The standard InChI is InChI=1S/C14H18BrClN2O3/c15-11-1-2-13(12(16)9-11)21-10-14(19)17-3-4-18-5-7-20-8-6-18/h1-2,9H,3-8,10H2,(H,17,19)/p+1. The van der Waals surface area contributed by atoms with Gasteiger partial charge in [0, 0.05) is 4.47 Å². The molecule has 5 nitrogen and oxygen atoms in total. The summed E-state index contributed by atoms with van der Waals surface area (Å²) in [7, 11) is 0. The first-order valence-corrected chi connectivity index (χ1v) is 8.08. The van der Waals surface area contributed by atoms with Crippen LogP contribution in [0.3, 0.4) is 0 Å². The van der Waals surface area contributed by atoms with E-state index >= 15 is 0 Å². The van der Waals surface area contributed by atoms with Crippen LogP contribution in [0.5, 0.6) is 5.75 Å². The van der Waals surface area contributed by atoms with Crippen LogP contribution >= 0.6 is 27.5 Å². The average molecular weight is 379 g/mol. The monoisotopic (exact) mass is 377 g/mol. The first kappa shape index (κ1) is 16.5. The van der Waals surface area contributed by atoms with Crippen LogP contribution in [0.2, 0.25) is 5.02 Å². The van der Waals surface area contributed by atoms with Gasteiger partial charge in [-0.05, 0) is 18.2 Å². The molecule has 116 valence electrons. The first-order valence-electron chi connectivity index (χ1n) is 6.91. The molecule has 1 aliphatic heterocycles. The van der Waals surface area contributed by atoms with Crippen molar-refractivity contribution in [3.05, 3.63) is 27.7 Å². The van der Waals surface area contributed by atoms with Crippen molar-refractivity contribution in [1.29, 1.82) is 0 Å². The Morgan fingerprint density at radius 3 is 2.90 bits per heavy atom. The molecule has 0 radical (unpaired) electrons. The average Bonchev–Trinajstić information content (AvgIpc) is 2.47. The van der Waals surface area contributed by atoms with E-state index in [9.17, 15) is 4.79 Å². The Labute approximate surface area is 137 Å². The molecule has 1 aromatic carbocycles. The number of morpholine rings is 1. The van der Waals surface area contributed by atoms with E-state index in [1.165, 1.54) is 4.90 Å². The highest BCUT2D eigenvalue weighted by Crippen LogP contribution is 2.27. The molecule has 1 amide bonds. The second-order valence-electron chi connectivity index (χ2n) is 4.83. The molecular weight excluding hydrogens is 360 g/mol. The summed E-state index contributed by atoms with van der Waals surface area (Å²) in [6, 6.07) is 5.29. The molecule has 1 heterocycles. The van der Waals surface area contributed by atoms with Crippen molar-refractivity contribution in [3.63, 3.8) is 0 Å². The molecule has 0 spiro atoms. The molecule has 21 heavy (non-hydrogen) atoms. The lowest BCUT2D eigenvalue weighted by molar-refractivity contribution is -0.906. The van der Waals surface area contributed by atoms with E-state index in [0.717, 1.165) is 37.3 Å². The van der Waals surface area contributed by atoms with E-state index in [2.05, 4.69) is 21.2 Å². The highest BCUT2D eigenvalue weighted by atomic mass is 79.9. The van der Waals surface area contributed by atoms with E-state index in [1.807, 2.05) is 6.07 Å². The van der Waals surface area contributed by atoms with Crippen molar-refractivity contribution in [2.24, 2.45) is 0 Å². The van der Waals surface area contributed by atoms with Crippen LogP contribution in [0.25, 0.3) is 0 Å². The fraction of sp³-hybridized carbons (Fsp3) is 0.500. The zero-order valence-corrected chi connectivity index (χ0v) is 14.0. The maximum atomic E-state index is 11.7. The highest BCUT2D eigenvalue weighted by molar-refractivity contribution is 9.10. The van der Waals surface area contributed by atoms with Crippen LogP contribution < -0.4 is 15.0 Å². The Bertz CT molecular complexity index is 481. The fourth-order valence-electron chi connectivity index (χ4n) is 2.08. The molecule has 0 saturated carbocycles. The smallest absolute Gasteiger partial charge is 0.258 e. The lowest BCUT2D eigenvalue weighted by Crippen LogP contribution is -3.14. The van der Waals surface area contributed by atoms with Crippen LogP contribution in [-0.4, -0.2) is 51.9 Å². The Kier molecular flexibility index (Phi) is 6.76. The summed E-state index contributed by atoms with van der Waals surface area (Å²) in [5, 5.41) is 3.33. The van der Waals surface area contributed by atoms with Gasteiger partial charge in [-0.15, -0.1) is 0 Å². The van der Waals surface area contributed by atoms with E-state index in [1.54, 1.807) is 12.1 Å². The normalized spacial score (nSPS) is 15.7. The summed E-state index contributed by atoms with van der Waals surface area (Å²) >= 11 is 9.33. The number of rotatable bonds is 6. The maximum absolute atomic E-state index is 11.7. The summed E-state index contributed by atoms with van der Waals surface area (Å²) < 4.78 is 11.6. The van der Waals surface area contributed by atoms with Crippen LogP contribution in [0.4, 0.5) is 0 Å². The predicted molar refractivity (Wildman–Crippen MR) is 84.0 cm³/mol. The van der Waals surface area contributed by atoms with Crippen LogP contribution in [0.1, 0.15) is 0 Å². The lowest BCUT2D eigenvalue weighted by Gasteiger charge is -2.23. The SMILES string of the molecule is O=C(COc1ccc(Br)cc1Cl)NCC[NH+]1CCOCC1. The lowest BCUT2D eigenvalue weighted by atomic mass is 10.3. The van der Waals surface area contributed by atoms with Gasteiger partial charge >= 0.3 is 0 Å². The molecule has 0 aromatic heterocycles. The topological polar surface area (TPSA) is 52.0 Å². The zero-order valence-electron chi connectivity index (χ0n) is 11.7. The Morgan fingerprint density at radius 2 is 2.19 bits per heavy atom. The number of ether oxygens (including phenoxy) is 2. The maximum Gasteiger partial charge on any atom is 0.258 e.